The summed E-state index contributed by atoms with van der Waals surface area (Å²) in [5.41, 5.74) is -0.792. The van der Waals surface area contributed by atoms with Gasteiger partial charge in [-0.2, -0.15) is 0 Å². The van der Waals surface area contributed by atoms with Crippen LogP contribution in [0.1, 0.15) is 20.8 Å². The van der Waals surface area contributed by atoms with Crippen molar-refractivity contribution in [1.29, 1.82) is 0 Å². The molecule has 0 saturated carbocycles. The zero-order valence-electron chi connectivity index (χ0n) is 12.7. The SMILES string of the molecule is COCC1C(=O)N2C(C(=O)OC(C)(C)C)=CC(Br)S(=O)(=O)C12. The lowest BCUT2D eigenvalue weighted by molar-refractivity contribution is -0.162. The molecule has 22 heavy (non-hydrogen) atoms. The number of rotatable bonds is 3. The second-order valence-corrected chi connectivity index (χ2v) is 9.92. The molecule has 9 heteroatoms. The molecule has 124 valence electrons. The number of β-lactam (4-membered cyclic amide) rings is 1. The number of esters is 1. The molecule has 2 aliphatic heterocycles. The molecule has 1 saturated heterocycles. The van der Waals surface area contributed by atoms with E-state index in [9.17, 15) is 18.0 Å². The van der Waals surface area contributed by atoms with Gasteiger partial charge < -0.3 is 9.47 Å². The van der Waals surface area contributed by atoms with Gasteiger partial charge in [-0.15, -0.1) is 0 Å². The molecule has 2 rings (SSSR count). The molecule has 0 N–H and O–H groups in total. The minimum absolute atomic E-state index is 0.0133. The Morgan fingerprint density at radius 1 is 1.41 bits per heavy atom. The van der Waals surface area contributed by atoms with Gasteiger partial charge in [0, 0.05) is 7.11 Å². The maximum Gasteiger partial charge on any atom is 0.355 e. The minimum Gasteiger partial charge on any atom is -0.455 e. The molecule has 2 aliphatic rings. The number of halogens is 1. The predicted molar refractivity (Wildman–Crippen MR) is 81.6 cm³/mol. The van der Waals surface area contributed by atoms with E-state index in [1.54, 1.807) is 20.8 Å². The Morgan fingerprint density at radius 2 is 2.00 bits per heavy atom. The topological polar surface area (TPSA) is 90.0 Å². The first-order valence-electron chi connectivity index (χ1n) is 6.64. The number of hydrogen-bond acceptors (Lipinski definition) is 6. The molecular formula is C13H18BrNO6S. The van der Waals surface area contributed by atoms with Crippen LogP contribution in [0.15, 0.2) is 11.8 Å². The first-order valence-corrected chi connectivity index (χ1v) is 9.17. The molecule has 1 fully saturated rings. The molecule has 2 heterocycles. The fourth-order valence-corrected chi connectivity index (χ4v) is 5.08. The van der Waals surface area contributed by atoms with Crippen molar-refractivity contribution in [3.63, 3.8) is 0 Å². The molecule has 3 atom stereocenters. The molecule has 0 radical (unpaired) electrons. The second kappa shape index (κ2) is 5.61. The maximum atomic E-state index is 12.4. The highest BCUT2D eigenvalue weighted by atomic mass is 79.9. The molecule has 0 bridgehead atoms. The molecule has 1 amide bonds. The number of carbonyl (C=O) groups excluding carboxylic acids is 2. The summed E-state index contributed by atoms with van der Waals surface area (Å²) < 4.78 is 33.8. The van der Waals surface area contributed by atoms with Gasteiger partial charge in [0.05, 0.1) is 12.5 Å². The molecule has 0 aromatic rings. The molecule has 0 spiro atoms. The standard InChI is InChI=1S/C13H18BrNO6S/c1-13(2,3)21-12(17)8-5-9(14)22(18,19)11-7(6-20-4)10(16)15(8)11/h5,7,9,11H,6H2,1-4H3. The van der Waals surface area contributed by atoms with Gasteiger partial charge in [-0.3, -0.25) is 9.69 Å². The Labute approximate surface area is 137 Å². The Kier molecular flexibility index (Phi) is 4.44. The van der Waals surface area contributed by atoms with Crippen LogP contribution in [0.4, 0.5) is 0 Å². The van der Waals surface area contributed by atoms with Crippen LogP contribution in [0, 0.1) is 5.92 Å². The van der Waals surface area contributed by atoms with E-state index in [4.69, 9.17) is 9.47 Å². The van der Waals surface area contributed by atoms with Crippen LogP contribution in [0.25, 0.3) is 0 Å². The monoisotopic (exact) mass is 395 g/mol. The van der Waals surface area contributed by atoms with E-state index in [2.05, 4.69) is 15.9 Å². The summed E-state index contributed by atoms with van der Waals surface area (Å²) in [6, 6.07) is 0. The summed E-state index contributed by atoms with van der Waals surface area (Å²) in [6.07, 6.45) is 1.20. The molecule has 0 aromatic carbocycles. The highest BCUT2D eigenvalue weighted by Gasteiger charge is 2.60. The third-order valence-corrected chi connectivity index (χ3v) is 7.11. The van der Waals surface area contributed by atoms with Crippen molar-refractivity contribution < 1.29 is 27.5 Å². The number of sulfone groups is 1. The lowest BCUT2D eigenvalue weighted by atomic mass is 9.97. The van der Waals surface area contributed by atoms with E-state index in [0.29, 0.717) is 0 Å². The summed E-state index contributed by atoms with van der Waals surface area (Å²) in [6.45, 7) is 5.07. The van der Waals surface area contributed by atoms with Gasteiger partial charge in [-0.1, -0.05) is 15.9 Å². The quantitative estimate of drug-likeness (QED) is 0.398. The van der Waals surface area contributed by atoms with E-state index >= 15 is 0 Å². The van der Waals surface area contributed by atoms with Crippen LogP contribution in [0.3, 0.4) is 0 Å². The summed E-state index contributed by atoms with van der Waals surface area (Å²) in [7, 11) is -2.27. The third-order valence-electron chi connectivity index (χ3n) is 3.31. The number of ether oxygens (including phenoxy) is 2. The van der Waals surface area contributed by atoms with Crippen LogP contribution in [-0.2, 0) is 28.9 Å². The zero-order chi connectivity index (χ0) is 16.9. The number of hydrogen-bond donors (Lipinski definition) is 0. The van der Waals surface area contributed by atoms with Crippen molar-refractivity contribution in [2.45, 2.75) is 35.9 Å². The first kappa shape index (κ1) is 17.4. The Balaban J connectivity index is 2.38. The second-order valence-electron chi connectivity index (χ2n) is 6.15. The van der Waals surface area contributed by atoms with Crippen LogP contribution < -0.4 is 0 Å². The zero-order valence-corrected chi connectivity index (χ0v) is 15.1. The summed E-state index contributed by atoms with van der Waals surface area (Å²) in [5, 5.41) is -1.10. The number of amides is 1. The average molecular weight is 396 g/mol. The van der Waals surface area contributed by atoms with Gasteiger partial charge in [0.2, 0.25) is 5.91 Å². The van der Waals surface area contributed by atoms with Gasteiger partial charge in [-0.25, -0.2) is 13.2 Å². The maximum absolute atomic E-state index is 12.4. The van der Waals surface area contributed by atoms with Gasteiger partial charge >= 0.3 is 5.97 Å². The third kappa shape index (κ3) is 2.81. The number of methoxy groups -OCH3 is 1. The largest absolute Gasteiger partial charge is 0.455 e. The van der Waals surface area contributed by atoms with E-state index in [1.807, 2.05) is 0 Å². The predicted octanol–water partition coefficient (Wildman–Crippen LogP) is 0.792. The smallest absolute Gasteiger partial charge is 0.355 e. The van der Waals surface area contributed by atoms with Gasteiger partial charge in [-0.05, 0) is 26.8 Å². The molecule has 3 unspecified atom stereocenters. The number of carbonyl (C=O) groups is 2. The lowest BCUT2D eigenvalue weighted by Crippen LogP contribution is -2.68. The fourth-order valence-electron chi connectivity index (χ4n) is 2.42. The normalized spacial score (nSPS) is 30.2. The molecule has 7 nitrogen and oxygen atoms in total. The van der Waals surface area contributed by atoms with Crippen LogP contribution in [-0.4, -0.2) is 54.0 Å². The highest BCUT2D eigenvalue weighted by Crippen LogP contribution is 2.42. The van der Waals surface area contributed by atoms with Crippen LogP contribution >= 0.6 is 15.9 Å². The Bertz CT molecular complexity index is 635. The average Bonchev–Trinajstić information content (AvgIpc) is 2.36. The molecular weight excluding hydrogens is 378 g/mol. The van der Waals surface area contributed by atoms with Crippen molar-refractivity contribution in [1.82, 2.24) is 4.90 Å². The van der Waals surface area contributed by atoms with Crippen molar-refractivity contribution >= 4 is 37.6 Å². The van der Waals surface area contributed by atoms with E-state index in [1.165, 1.54) is 13.2 Å². The van der Waals surface area contributed by atoms with Gasteiger partial charge in [0.15, 0.2) is 15.2 Å². The summed E-state index contributed by atoms with van der Waals surface area (Å²) in [5.74, 6) is -1.98. The fraction of sp³-hybridized carbons (Fsp3) is 0.692. The Morgan fingerprint density at radius 3 is 2.50 bits per heavy atom. The molecule has 0 aromatic heterocycles. The highest BCUT2D eigenvalue weighted by molar-refractivity contribution is 9.11. The number of nitrogens with zero attached hydrogens (tertiary/aromatic N) is 1. The van der Waals surface area contributed by atoms with Gasteiger partial charge in [0.25, 0.3) is 0 Å². The first-order chi connectivity index (χ1) is 10.0. The number of fused-ring (bicyclic) bond motifs is 1. The Hall–Kier alpha value is -0.930. The molecule has 0 aliphatic carbocycles. The minimum atomic E-state index is -3.66. The van der Waals surface area contributed by atoms with E-state index < -0.39 is 42.8 Å². The van der Waals surface area contributed by atoms with Gasteiger partial charge in [0.1, 0.15) is 15.5 Å². The van der Waals surface area contributed by atoms with E-state index in [-0.39, 0.29) is 12.3 Å². The van der Waals surface area contributed by atoms with Crippen molar-refractivity contribution in [2.24, 2.45) is 5.92 Å². The van der Waals surface area contributed by atoms with Crippen molar-refractivity contribution in [3.05, 3.63) is 11.8 Å². The summed E-state index contributed by atoms with van der Waals surface area (Å²) in [4.78, 5) is 25.4. The lowest BCUT2D eigenvalue weighted by Gasteiger charge is -2.49. The van der Waals surface area contributed by atoms with Crippen LogP contribution in [0.2, 0.25) is 0 Å². The van der Waals surface area contributed by atoms with Crippen molar-refractivity contribution in [3.8, 4) is 0 Å². The number of alkyl halides is 1. The summed E-state index contributed by atoms with van der Waals surface area (Å²) >= 11 is 3.05. The van der Waals surface area contributed by atoms with Crippen molar-refractivity contribution in [2.75, 3.05) is 13.7 Å². The van der Waals surface area contributed by atoms with E-state index in [0.717, 1.165) is 4.90 Å². The van der Waals surface area contributed by atoms with Crippen LogP contribution in [0.5, 0.6) is 0 Å².